The van der Waals surface area contributed by atoms with Gasteiger partial charge < -0.3 is 9.84 Å². The molecule has 1 unspecified atom stereocenters. The lowest BCUT2D eigenvalue weighted by molar-refractivity contribution is -0.163. The SMILES string of the molecule is C=CCC(=O)OC(C)O. The largest absolute Gasteiger partial charge is 0.436 e. The first-order valence-corrected chi connectivity index (χ1v) is 2.65. The van der Waals surface area contributed by atoms with Gasteiger partial charge in [0.2, 0.25) is 0 Å². The molecule has 0 spiro atoms. The molecular formula is C6H10O3. The van der Waals surface area contributed by atoms with Crippen LogP contribution in [0.3, 0.4) is 0 Å². The van der Waals surface area contributed by atoms with E-state index in [1.807, 2.05) is 0 Å². The second-order valence-electron chi connectivity index (χ2n) is 1.58. The number of esters is 1. The van der Waals surface area contributed by atoms with Gasteiger partial charge >= 0.3 is 5.97 Å². The third kappa shape index (κ3) is 5.03. The summed E-state index contributed by atoms with van der Waals surface area (Å²) < 4.78 is 4.34. The summed E-state index contributed by atoms with van der Waals surface area (Å²) in [4.78, 5) is 10.4. The van der Waals surface area contributed by atoms with Gasteiger partial charge in [-0.1, -0.05) is 6.08 Å². The summed E-state index contributed by atoms with van der Waals surface area (Å²) in [5, 5.41) is 8.47. The molecule has 0 rings (SSSR count). The molecule has 1 N–H and O–H groups in total. The van der Waals surface area contributed by atoms with Crippen molar-refractivity contribution in [1.29, 1.82) is 0 Å². The van der Waals surface area contributed by atoms with Gasteiger partial charge in [0.15, 0.2) is 6.29 Å². The number of hydrogen-bond donors (Lipinski definition) is 1. The van der Waals surface area contributed by atoms with Crippen LogP contribution in [0.15, 0.2) is 12.7 Å². The van der Waals surface area contributed by atoms with Crippen LogP contribution in [0.25, 0.3) is 0 Å². The lowest BCUT2D eigenvalue weighted by Gasteiger charge is -2.03. The van der Waals surface area contributed by atoms with Gasteiger partial charge in [-0.15, -0.1) is 6.58 Å². The summed E-state index contributed by atoms with van der Waals surface area (Å²) in [5.74, 6) is -0.458. The van der Waals surface area contributed by atoms with E-state index in [0.717, 1.165) is 0 Å². The van der Waals surface area contributed by atoms with Gasteiger partial charge in [-0.25, -0.2) is 0 Å². The minimum absolute atomic E-state index is 0.144. The van der Waals surface area contributed by atoms with E-state index in [-0.39, 0.29) is 6.42 Å². The van der Waals surface area contributed by atoms with Gasteiger partial charge in [0.05, 0.1) is 6.42 Å². The number of rotatable bonds is 3. The summed E-state index contributed by atoms with van der Waals surface area (Å²) in [6.07, 6.45) is 0.549. The van der Waals surface area contributed by atoms with Crippen LogP contribution >= 0.6 is 0 Å². The molecule has 1 atom stereocenters. The Morgan fingerprint density at radius 1 is 2.00 bits per heavy atom. The normalized spacial score (nSPS) is 12.2. The van der Waals surface area contributed by atoms with Crippen LogP contribution in [0.2, 0.25) is 0 Å². The molecule has 0 radical (unpaired) electrons. The van der Waals surface area contributed by atoms with E-state index in [9.17, 15) is 4.79 Å². The van der Waals surface area contributed by atoms with Crippen LogP contribution in [0.5, 0.6) is 0 Å². The van der Waals surface area contributed by atoms with Crippen molar-refractivity contribution in [2.24, 2.45) is 0 Å². The van der Waals surface area contributed by atoms with E-state index in [4.69, 9.17) is 5.11 Å². The fourth-order valence-electron chi connectivity index (χ4n) is 0.356. The highest BCUT2D eigenvalue weighted by atomic mass is 16.6. The Morgan fingerprint density at radius 3 is 2.89 bits per heavy atom. The molecule has 0 aromatic heterocycles. The van der Waals surface area contributed by atoms with Gasteiger partial charge in [0.1, 0.15) is 0 Å². The van der Waals surface area contributed by atoms with Crippen molar-refractivity contribution < 1.29 is 14.6 Å². The predicted molar refractivity (Wildman–Crippen MR) is 32.6 cm³/mol. The van der Waals surface area contributed by atoms with Crippen LogP contribution < -0.4 is 0 Å². The average Bonchev–Trinajstić information content (AvgIpc) is 1.63. The van der Waals surface area contributed by atoms with E-state index in [1.54, 1.807) is 0 Å². The zero-order chi connectivity index (χ0) is 7.28. The summed E-state index contributed by atoms with van der Waals surface area (Å²) >= 11 is 0. The molecule has 0 aromatic carbocycles. The molecule has 0 saturated heterocycles. The third-order valence-corrected chi connectivity index (χ3v) is 0.613. The second-order valence-corrected chi connectivity index (χ2v) is 1.58. The molecule has 0 aliphatic heterocycles. The highest BCUT2D eigenvalue weighted by molar-refractivity contribution is 5.70. The number of carbonyl (C=O) groups excluding carboxylic acids is 1. The highest BCUT2D eigenvalue weighted by Crippen LogP contribution is 1.90. The third-order valence-electron chi connectivity index (χ3n) is 0.613. The van der Waals surface area contributed by atoms with E-state index in [2.05, 4.69) is 11.3 Å². The van der Waals surface area contributed by atoms with Crippen molar-refractivity contribution in [1.82, 2.24) is 0 Å². The lowest BCUT2D eigenvalue weighted by atomic mass is 10.4. The Morgan fingerprint density at radius 2 is 2.56 bits per heavy atom. The first-order chi connectivity index (χ1) is 4.16. The minimum Gasteiger partial charge on any atom is -0.436 e. The maximum atomic E-state index is 10.4. The van der Waals surface area contributed by atoms with Crippen LogP contribution in [0.1, 0.15) is 13.3 Å². The fraction of sp³-hybridized carbons (Fsp3) is 0.500. The Bertz CT molecular complexity index is 107. The number of aliphatic hydroxyl groups excluding tert-OH is 1. The fourth-order valence-corrected chi connectivity index (χ4v) is 0.356. The molecule has 0 aliphatic rings. The van der Waals surface area contributed by atoms with Crippen molar-refractivity contribution in [3.8, 4) is 0 Å². The Hall–Kier alpha value is -0.830. The maximum absolute atomic E-state index is 10.4. The van der Waals surface area contributed by atoms with Crippen molar-refractivity contribution in [3.63, 3.8) is 0 Å². The van der Waals surface area contributed by atoms with Crippen LogP contribution in [0, 0.1) is 0 Å². The molecule has 0 amide bonds. The van der Waals surface area contributed by atoms with Gasteiger partial charge in [0, 0.05) is 0 Å². The second kappa shape index (κ2) is 4.09. The number of aliphatic hydroxyl groups is 1. The number of ether oxygens (including phenoxy) is 1. The van der Waals surface area contributed by atoms with Gasteiger partial charge in [-0.3, -0.25) is 4.79 Å². The Balaban J connectivity index is 3.38. The first-order valence-electron chi connectivity index (χ1n) is 2.65. The molecule has 0 fully saturated rings. The highest BCUT2D eigenvalue weighted by Gasteiger charge is 2.01. The quantitative estimate of drug-likeness (QED) is 0.342. The molecular weight excluding hydrogens is 120 g/mol. The van der Waals surface area contributed by atoms with Gasteiger partial charge in [-0.05, 0) is 6.92 Å². The smallest absolute Gasteiger partial charge is 0.311 e. The van der Waals surface area contributed by atoms with E-state index in [1.165, 1.54) is 13.0 Å². The summed E-state index contributed by atoms with van der Waals surface area (Å²) in [6.45, 7) is 4.70. The zero-order valence-electron chi connectivity index (χ0n) is 5.33. The van der Waals surface area contributed by atoms with E-state index < -0.39 is 12.3 Å². The molecule has 9 heavy (non-hydrogen) atoms. The number of carbonyl (C=O) groups is 1. The van der Waals surface area contributed by atoms with Crippen LogP contribution in [-0.2, 0) is 9.53 Å². The molecule has 0 aliphatic carbocycles. The molecule has 0 heterocycles. The van der Waals surface area contributed by atoms with Gasteiger partial charge in [0.25, 0.3) is 0 Å². The number of hydrogen-bond acceptors (Lipinski definition) is 3. The molecule has 0 bridgehead atoms. The summed E-state index contributed by atoms with van der Waals surface area (Å²) in [7, 11) is 0. The topological polar surface area (TPSA) is 46.5 Å². The van der Waals surface area contributed by atoms with E-state index >= 15 is 0 Å². The van der Waals surface area contributed by atoms with Crippen molar-refractivity contribution in [2.45, 2.75) is 19.6 Å². The zero-order valence-corrected chi connectivity index (χ0v) is 5.33. The molecule has 0 saturated carbocycles. The van der Waals surface area contributed by atoms with Gasteiger partial charge in [-0.2, -0.15) is 0 Å². The monoisotopic (exact) mass is 130 g/mol. The molecule has 0 aromatic rings. The molecule has 52 valence electrons. The molecule has 3 heteroatoms. The van der Waals surface area contributed by atoms with Crippen molar-refractivity contribution in [3.05, 3.63) is 12.7 Å². The minimum atomic E-state index is -1.02. The Kier molecular flexibility index (Phi) is 3.71. The standard InChI is InChI=1S/C6H10O3/c1-3-4-6(8)9-5(2)7/h3,5,7H,1,4H2,2H3. The summed E-state index contributed by atoms with van der Waals surface area (Å²) in [5.41, 5.74) is 0. The lowest BCUT2D eigenvalue weighted by Crippen LogP contribution is -2.12. The predicted octanol–water partition coefficient (Wildman–Crippen LogP) is 0.444. The van der Waals surface area contributed by atoms with Crippen LogP contribution in [-0.4, -0.2) is 17.4 Å². The van der Waals surface area contributed by atoms with Crippen molar-refractivity contribution >= 4 is 5.97 Å². The van der Waals surface area contributed by atoms with Crippen molar-refractivity contribution in [2.75, 3.05) is 0 Å². The first kappa shape index (κ1) is 8.17. The average molecular weight is 130 g/mol. The van der Waals surface area contributed by atoms with E-state index in [0.29, 0.717) is 0 Å². The summed E-state index contributed by atoms with van der Waals surface area (Å²) in [6, 6.07) is 0. The molecule has 3 nitrogen and oxygen atoms in total. The van der Waals surface area contributed by atoms with Crippen LogP contribution in [0.4, 0.5) is 0 Å². The maximum Gasteiger partial charge on any atom is 0.311 e. The Labute approximate surface area is 53.9 Å².